The Hall–Kier alpha value is -4.41. The second-order valence-electron chi connectivity index (χ2n) is 13.8. The fourth-order valence-corrected chi connectivity index (χ4v) is 7.24. The number of ether oxygens (including phenoxy) is 2. The summed E-state index contributed by atoms with van der Waals surface area (Å²) in [6, 6.07) is 17.8. The van der Waals surface area contributed by atoms with Gasteiger partial charge in [0.05, 0.1) is 11.1 Å². The number of benzene rings is 3. The summed E-state index contributed by atoms with van der Waals surface area (Å²) >= 11 is 6.35. The number of nitrogens with two attached hydrogens (primary N) is 1. The van der Waals surface area contributed by atoms with E-state index in [4.69, 9.17) is 26.8 Å². The Morgan fingerprint density at radius 2 is 1.67 bits per heavy atom. The number of fused-ring (bicyclic) bond motifs is 2. The smallest absolute Gasteiger partial charge is 0.252 e. The average molecular weight is 717 g/mol. The second-order valence-corrected chi connectivity index (χ2v) is 14.2. The standard InChI is InChI=1S/C40H46ClFN4O5/c1-25-20-34(41)36(21-26(25)2)51-19-18-50-32-14-8-28(9-15-32)33-22-30-23-45(38(48)5-3-4-37(43)47)24-35(44-30)39(33)40(49)46(31-12-13-31)17-16-27-6-10-29(42)11-7-27/h6-11,14-15,20-21,30-31,35,44H,3-5,12-13,16-19,22-24H2,1-2H3,(H2,43,47). The molecule has 3 N–H and O–H groups in total. The molecule has 3 aromatic carbocycles. The Morgan fingerprint density at radius 1 is 0.961 bits per heavy atom. The average Bonchev–Trinajstić information content (AvgIpc) is 3.95. The maximum Gasteiger partial charge on any atom is 0.252 e. The van der Waals surface area contributed by atoms with Crippen molar-refractivity contribution in [1.82, 2.24) is 15.1 Å². The largest absolute Gasteiger partial charge is 0.490 e. The van der Waals surface area contributed by atoms with Crippen molar-refractivity contribution in [3.63, 3.8) is 0 Å². The molecule has 2 atom stereocenters. The van der Waals surface area contributed by atoms with E-state index in [1.165, 1.54) is 12.1 Å². The van der Waals surface area contributed by atoms with Crippen LogP contribution in [0.25, 0.3) is 5.57 Å². The first-order valence-corrected chi connectivity index (χ1v) is 18.2. The van der Waals surface area contributed by atoms with Gasteiger partial charge >= 0.3 is 0 Å². The highest BCUT2D eigenvalue weighted by atomic mass is 35.5. The van der Waals surface area contributed by atoms with Crippen molar-refractivity contribution >= 4 is 34.9 Å². The normalized spacial score (nSPS) is 18.4. The molecule has 3 aliphatic rings. The maximum atomic E-state index is 14.6. The predicted octanol–water partition coefficient (Wildman–Crippen LogP) is 5.77. The molecule has 0 aromatic heterocycles. The predicted molar refractivity (Wildman–Crippen MR) is 195 cm³/mol. The fourth-order valence-electron chi connectivity index (χ4n) is 6.96. The molecule has 2 aliphatic heterocycles. The molecular formula is C40H46ClFN4O5. The van der Waals surface area contributed by atoms with Crippen molar-refractivity contribution in [2.24, 2.45) is 5.73 Å². The summed E-state index contributed by atoms with van der Waals surface area (Å²) in [5.41, 5.74) is 11.1. The second kappa shape index (κ2) is 16.3. The van der Waals surface area contributed by atoms with E-state index in [-0.39, 0.29) is 48.6 Å². The minimum Gasteiger partial charge on any atom is -0.490 e. The molecule has 6 rings (SSSR count). The van der Waals surface area contributed by atoms with Crippen LogP contribution in [0.3, 0.4) is 0 Å². The van der Waals surface area contributed by atoms with Gasteiger partial charge in [0.25, 0.3) is 5.91 Å². The van der Waals surface area contributed by atoms with Crippen molar-refractivity contribution in [2.45, 2.75) is 76.9 Å². The number of hydrogen-bond acceptors (Lipinski definition) is 6. The number of amides is 3. The van der Waals surface area contributed by atoms with Crippen LogP contribution >= 0.6 is 11.6 Å². The van der Waals surface area contributed by atoms with Crippen LogP contribution < -0.4 is 20.5 Å². The summed E-state index contributed by atoms with van der Waals surface area (Å²) < 4.78 is 25.4. The zero-order valence-corrected chi connectivity index (χ0v) is 30.0. The van der Waals surface area contributed by atoms with Gasteiger partial charge < -0.3 is 30.3 Å². The van der Waals surface area contributed by atoms with E-state index >= 15 is 0 Å². The number of carbonyl (C=O) groups is 3. The van der Waals surface area contributed by atoms with E-state index in [1.54, 1.807) is 12.1 Å². The molecule has 1 saturated carbocycles. The van der Waals surface area contributed by atoms with Gasteiger partial charge in [-0.3, -0.25) is 14.4 Å². The molecule has 270 valence electrons. The fraction of sp³-hybridized carbons (Fsp3) is 0.425. The molecule has 0 spiro atoms. The third-order valence-electron chi connectivity index (χ3n) is 9.97. The van der Waals surface area contributed by atoms with Gasteiger partial charge in [0.2, 0.25) is 11.8 Å². The number of halogens is 2. The number of aryl methyl sites for hydroxylation is 2. The van der Waals surface area contributed by atoms with Gasteiger partial charge in [-0.2, -0.15) is 0 Å². The summed E-state index contributed by atoms with van der Waals surface area (Å²) in [4.78, 5) is 42.9. The first kappa shape index (κ1) is 36.4. The number of nitrogens with zero attached hydrogens (tertiary/aromatic N) is 2. The molecule has 1 saturated heterocycles. The minimum absolute atomic E-state index is 0.0314. The molecule has 2 fully saturated rings. The summed E-state index contributed by atoms with van der Waals surface area (Å²) in [5, 5.41) is 4.21. The number of carbonyl (C=O) groups excluding carboxylic acids is 3. The molecule has 0 radical (unpaired) electrons. The van der Waals surface area contributed by atoms with E-state index < -0.39 is 5.91 Å². The lowest BCUT2D eigenvalue weighted by molar-refractivity contribution is -0.134. The molecule has 2 bridgehead atoms. The Balaban J connectivity index is 1.20. The summed E-state index contributed by atoms with van der Waals surface area (Å²) in [7, 11) is 0. The summed E-state index contributed by atoms with van der Waals surface area (Å²) in [6.07, 6.45) is 3.86. The quantitative estimate of drug-likeness (QED) is 0.193. The summed E-state index contributed by atoms with van der Waals surface area (Å²) in [5.74, 6) is 0.531. The number of piperazine rings is 1. The van der Waals surface area contributed by atoms with Gasteiger partial charge in [-0.05, 0) is 110 Å². The van der Waals surface area contributed by atoms with Crippen LogP contribution in [0.1, 0.15) is 60.8 Å². The highest BCUT2D eigenvalue weighted by Crippen LogP contribution is 2.37. The number of rotatable bonds is 15. The topological polar surface area (TPSA) is 114 Å². The Kier molecular flexibility index (Phi) is 11.6. The number of primary amides is 1. The Bertz CT molecular complexity index is 1780. The molecule has 9 nitrogen and oxygen atoms in total. The van der Waals surface area contributed by atoms with Crippen molar-refractivity contribution in [1.29, 1.82) is 0 Å². The SMILES string of the molecule is Cc1cc(Cl)c(OCCOc2ccc(C3=C(C(=O)N(CCc4ccc(F)cc4)C4CC4)C4CN(C(=O)CCCC(N)=O)CC(C3)N4)cc2)cc1C. The van der Waals surface area contributed by atoms with Crippen LogP contribution in [0.4, 0.5) is 4.39 Å². The highest BCUT2D eigenvalue weighted by molar-refractivity contribution is 6.32. The van der Waals surface area contributed by atoms with Gasteiger partial charge in [-0.1, -0.05) is 35.9 Å². The molecule has 3 amide bonds. The highest BCUT2D eigenvalue weighted by Gasteiger charge is 2.43. The molecule has 2 unspecified atom stereocenters. The molecule has 51 heavy (non-hydrogen) atoms. The van der Waals surface area contributed by atoms with Gasteiger partial charge in [-0.15, -0.1) is 0 Å². The lowest BCUT2D eigenvalue weighted by Gasteiger charge is -2.45. The first-order chi connectivity index (χ1) is 24.5. The first-order valence-electron chi connectivity index (χ1n) is 17.8. The van der Waals surface area contributed by atoms with Gasteiger partial charge in [-0.25, -0.2) is 4.39 Å². The Labute approximate surface area is 303 Å². The van der Waals surface area contributed by atoms with Crippen LogP contribution in [0.15, 0.2) is 66.2 Å². The van der Waals surface area contributed by atoms with Gasteiger partial charge in [0, 0.05) is 50.1 Å². The molecule has 1 aliphatic carbocycles. The number of nitrogens with one attached hydrogen (secondary N) is 1. The van der Waals surface area contributed by atoms with E-state index in [2.05, 4.69) is 5.32 Å². The number of hydrogen-bond donors (Lipinski definition) is 2. The van der Waals surface area contributed by atoms with Crippen LogP contribution in [-0.4, -0.2) is 78.5 Å². The molecule has 3 aromatic rings. The molecule has 11 heteroatoms. The lowest BCUT2D eigenvalue weighted by atomic mass is 9.82. The lowest BCUT2D eigenvalue weighted by Crippen LogP contribution is -2.62. The summed E-state index contributed by atoms with van der Waals surface area (Å²) in [6.45, 7) is 6.07. The zero-order valence-electron chi connectivity index (χ0n) is 29.3. The maximum absolute atomic E-state index is 14.6. The van der Waals surface area contributed by atoms with E-state index in [9.17, 15) is 18.8 Å². The van der Waals surface area contributed by atoms with Crippen molar-refractivity contribution < 1.29 is 28.2 Å². The van der Waals surface area contributed by atoms with E-state index in [0.717, 1.165) is 40.7 Å². The van der Waals surface area contributed by atoms with Crippen LogP contribution in [0.5, 0.6) is 11.5 Å². The van der Waals surface area contributed by atoms with E-state index in [1.807, 2.05) is 60.0 Å². The van der Waals surface area contributed by atoms with Crippen LogP contribution in [-0.2, 0) is 20.8 Å². The third kappa shape index (κ3) is 9.28. The minimum atomic E-state index is -0.423. The van der Waals surface area contributed by atoms with Crippen molar-refractivity contribution in [3.05, 3.63) is 99.3 Å². The van der Waals surface area contributed by atoms with Crippen LogP contribution in [0.2, 0.25) is 5.02 Å². The van der Waals surface area contributed by atoms with E-state index in [0.29, 0.717) is 74.2 Å². The van der Waals surface area contributed by atoms with Gasteiger partial charge in [0.15, 0.2) is 0 Å². The monoisotopic (exact) mass is 716 g/mol. The molecular weight excluding hydrogens is 671 g/mol. The van der Waals surface area contributed by atoms with Crippen molar-refractivity contribution in [2.75, 3.05) is 32.8 Å². The molecule has 2 heterocycles. The van der Waals surface area contributed by atoms with Crippen LogP contribution in [0, 0.1) is 19.7 Å². The van der Waals surface area contributed by atoms with Crippen molar-refractivity contribution in [3.8, 4) is 11.5 Å². The third-order valence-corrected chi connectivity index (χ3v) is 10.3. The Morgan fingerprint density at radius 3 is 2.37 bits per heavy atom. The zero-order chi connectivity index (χ0) is 36.1. The van der Waals surface area contributed by atoms with Gasteiger partial charge in [0.1, 0.15) is 30.5 Å².